The molecule has 0 unspecified atom stereocenters. The fraction of sp³-hybridized carbons (Fsp3) is 0.412. The normalized spacial score (nSPS) is 12.0. The molecule has 1 N–H and O–H groups in total. The highest BCUT2D eigenvalue weighted by Gasteiger charge is 2.15. The van der Waals surface area contributed by atoms with Crippen molar-refractivity contribution in [1.82, 2.24) is 9.97 Å². The molecule has 1 aromatic heterocycles. The SMILES string of the molecule is CC(C)c1nc(-c2ccc(C(C)(C)C)cc2)[nH]c(=O)c1I. The summed E-state index contributed by atoms with van der Waals surface area (Å²) in [5.41, 5.74) is 3.12. The number of aromatic nitrogens is 2. The van der Waals surface area contributed by atoms with E-state index in [-0.39, 0.29) is 16.9 Å². The lowest BCUT2D eigenvalue weighted by Gasteiger charge is -2.19. The van der Waals surface area contributed by atoms with Crippen LogP contribution in [0.1, 0.15) is 51.8 Å². The predicted octanol–water partition coefficient (Wildman–Crippen LogP) is 4.46. The third kappa shape index (κ3) is 3.54. The summed E-state index contributed by atoms with van der Waals surface area (Å²) in [5, 5.41) is 0. The summed E-state index contributed by atoms with van der Waals surface area (Å²) >= 11 is 2.07. The van der Waals surface area contributed by atoms with Gasteiger partial charge in [-0.25, -0.2) is 4.98 Å². The van der Waals surface area contributed by atoms with Crippen LogP contribution in [0.15, 0.2) is 29.1 Å². The largest absolute Gasteiger partial charge is 0.306 e. The Morgan fingerprint density at radius 2 is 1.71 bits per heavy atom. The second-order valence-corrected chi connectivity index (χ2v) is 7.67. The van der Waals surface area contributed by atoms with Gasteiger partial charge in [-0.1, -0.05) is 58.9 Å². The zero-order valence-electron chi connectivity index (χ0n) is 13.1. The van der Waals surface area contributed by atoms with E-state index in [9.17, 15) is 4.79 Å². The van der Waals surface area contributed by atoms with E-state index in [4.69, 9.17) is 0 Å². The molecule has 112 valence electrons. The van der Waals surface area contributed by atoms with Crippen LogP contribution in [0, 0.1) is 3.57 Å². The van der Waals surface area contributed by atoms with Gasteiger partial charge in [-0.2, -0.15) is 0 Å². The Bertz CT molecular complexity index is 694. The lowest BCUT2D eigenvalue weighted by molar-refractivity contribution is 0.590. The molecule has 0 radical (unpaired) electrons. The fourth-order valence-corrected chi connectivity index (χ4v) is 3.00. The van der Waals surface area contributed by atoms with Crippen molar-refractivity contribution < 1.29 is 0 Å². The highest BCUT2D eigenvalue weighted by molar-refractivity contribution is 14.1. The number of nitrogens with zero attached hydrogens (tertiary/aromatic N) is 1. The van der Waals surface area contributed by atoms with E-state index in [1.807, 2.05) is 12.1 Å². The quantitative estimate of drug-likeness (QED) is 0.762. The Balaban J connectivity index is 2.50. The third-order valence-corrected chi connectivity index (χ3v) is 4.50. The first-order valence-corrected chi connectivity index (χ1v) is 8.18. The van der Waals surface area contributed by atoms with Crippen molar-refractivity contribution in [3.8, 4) is 11.4 Å². The van der Waals surface area contributed by atoms with Gasteiger partial charge in [-0.05, 0) is 39.5 Å². The number of hydrogen-bond donors (Lipinski definition) is 1. The summed E-state index contributed by atoms with van der Waals surface area (Å²) in [6.45, 7) is 10.7. The van der Waals surface area contributed by atoms with Crippen LogP contribution in [0.25, 0.3) is 11.4 Å². The molecule has 0 amide bonds. The van der Waals surface area contributed by atoms with Gasteiger partial charge in [0.25, 0.3) is 5.56 Å². The first-order valence-electron chi connectivity index (χ1n) is 7.11. The monoisotopic (exact) mass is 396 g/mol. The molecule has 2 aromatic rings. The van der Waals surface area contributed by atoms with E-state index in [0.29, 0.717) is 9.39 Å². The Hall–Kier alpha value is -1.17. The molecule has 0 atom stereocenters. The smallest absolute Gasteiger partial charge is 0.264 e. The predicted molar refractivity (Wildman–Crippen MR) is 95.8 cm³/mol. The van der Waals surface area contributed by atoms with Gasteiger partial charge < -0.3 is 4.98 Å². The molecule has 0 spiro atoms. The minimum absolute atomic E-state index is 0.0656. The summed E-state index contributed by atoms with van der Waals surface area (Å²) in [5.74, 6) is 0.872. The topological polar surface area (TPSA) is 45.8 Å². The van der Waals surface area contributed by atoms with Crippen LogP contribution in [-0.2, 0) is 5.41 Å². The van der Waals surface area contributed by atoms with Gasteiger partial charge in [0.2, 0.25) is 0 Å². The second-order valence-electron chi connectivity index (χ2n) is 6.60. The third-order valence-electron chi connectivity index (χ3n) is 3.46. The number of H-pyrrole nitrogens is 1. The van der Waals surface area contributed by atoms with Crippen molar-refractivity contribution in [3.05, 3.63) is 49.4 Å². The Kier molecular flexibility index (Phi) is 4.56. The molecule has 4 heteroatoms. The molecule has 1 heterocycles. The van der Waals surface area contributed by atoms with Crippen molar-refractivity contribution >= 4 is 22.6 Å². The average molecular weight is 396 g/mol. The first-order chi connectivity index (χ1) is 9.70. The van der Waals surface area contributed by atoms with Crippen molar-refractivity contribution in [1.29, 1.82) is 0 Å². The maximum Gasteiger partial charge on any atom is 0.264 e. The number of hydrogen-bond acceptors (Lipinski definition) is 2. The molecular formula is C17H21IN2O. The standard InChI is InChI=1S/C17H21IN2O/c1-10(2)14-13(18)16(21)20-15(19-14)11-6-8-12(9-7-11)17(3,4)5/h6-10H,1-5H3,(H,19,20,21). The van der Waals surface area contributed by atoms with E-state index in [2.05, 4.69) is 79.3 Å². The molecule has 0 aliphatic heterocycles. The van der Waals surface area contributed by atoms with Gasteiger partial charge in [-0.3, -0.25) is 4.79 Å². The molecule has 21 heavy (non-hydrogen) atoms. The minimum Gasteiger partial charge on any atom is -0.306 e. The van der Waals surface area contributed by atoms with Gasteiger partial charge >= 0.3 is 0 Å². The van der Waals surface area contributed by atoms with Crippen LogP contribution in [0.2, 0.25) is 0 Å². The molecule has 2 rings (SSSR count). The molecular weight excluding hydrogens is 375 g/mol. The van der Waals surface area contributed by atoms with Crippen molar-refractivity contribution in [2.45, 2.75) is 46.0 Å². The minimum atomic E-state index is -0.0656. The summed E-state index contributed by atoms with van der Waals surface area (Å²) in [6.07, 6.45) is 0. The van der Waals surface area contributed by atoms with Crippen LogP contribution in [0.5, 0.6) is 0 Å². The van der Waals surface area contributed by atoms with Gasteiger partial charge in [-0.15, -0.1) is 0 Å². The van der Waals surface area contributed by atoms with E-state index in [1.54, 1.807) is 0 Å². The molecule has 0 aliphatic rings. The average Bonchev–Trinajstić information content (AvgIpc) is 2.40. The lowest BCUT2D eigenvalue weighted by atomic mass is 9.87. The second kappa shape index (κ2) is 5.91. The van der Waals surface area contributed by atoms with E-state index in [0.717, 1.165) is 11.3 Å². The first kappa shape index (κ1) is 16.2. The Labute approximate surface area is 139 Å². The van der Waals surface area contributed by atoms with Crippen molar-refractivity contribution in [2.75, 3.05) is 0 Å². The number of nitrogens with one attached hydrogen (secondary N) is 1. The van der Waals surface area contributed by atoms with Gasteiger partial charge in [0.05, 0.1) is 9.26 Å². The zero-order valence-corrected chi connectivity index (χ0v) is 15.3. The fourth-order valence-electron chi connectivity index (χ4n) is 2.12. The number of rotatable bonds is 2. The highest BCUT2D eigenvalue weighted by atomic mass is 127. The number of aromatic amines is 1. The molecule has 3 nitrogen and oxygen atoms in total. The van der Waals surface area contributed by atoms with E-state index in [1.165, 1.54) is 5.56 Å². The summed E-state index contributed by atoms with van der Waals surface area (Å²) in [4.78, 5) is 19.6. The number of benzene rings is 1. The molecule has 0 bridgehead atoms. The van der Waals surface area contributed by atoms with Gasteiger partial charge in [0, 0.05) is 5.56 Å². The molecule has 0 saturated heterocycles. The summed E-state index contributed by atoms with van der Waals surface area (Å²) in [7, 11) is 0. The lowest BCUT2D eigenvalue weighted by Crippen LogP contribution is -2.17. The van der Waals surface area contributed by atoms with Crippen LogP contribution in [0.4, 0.5) is 0 Å². The van der Waals surface area contributed by atoms with E-state index < -0.39 is 0 Å². The Morgan fingerprint density at radius 1 is 1.14 bits per heavy atom. The van der Waals surface area contributed by atoms with E-state index >= 15 is 0 Å². The zero-order chi connectivity index (χ0) is 15.8. The molecule has 0 saturated carbocycles. The van der Waals surface area contributed by atoms with Crippen LogP contribution in [-0.4, -0.2) is 9.97 Å². The van der Waals surface area contributed by atoms with Gasteiger partial charge in [0.15, 0.2) is 0 Å². The van der Waals surface area contributed by atoms with Crippen LogP contribution < -0.4 is 5.56 Å². The molecule has 0 aliphatic carbocycles. The van der Waals surface area contributed by atoms with Crippen molar-refractivity contribution in [3.63, 3.8) is 0 Å². The Morgan fingerprint density at radius 3 is 2.19 bits per heavy atom. The maximum atomic E-state index is 12.1. The highest BCUT2D eigenvalue weighted by Crippen LogP contribution is 2.25. The molecule has 1 aromatic carbocycles. The van der Waals surface area contributed by atoms with Gasteiger partial charge in [0.1, 0.15) is 5.82 Å². The van der Waals surface area contributed by atoms with Crippen LogP contribution in [0.3, 0.4) is 0 Å². The maximum absolute atomic E-state index is 12.1. The van der Waals surface area contributed by atoms with Crippen molar-refractivity contribution in [2.24, 2.45) is 0 Å². The summed E-state index contributed by atoms with van der Waals surface area (Å²) < 4.78 is 0.678. The molecule has 0 fully saturated rings. The van der Waals surface area contributed by atoms with Crippen LogP contribution >= 0.6 is 22.6 Å². The number of halogens is 1. The summed E-state index contributed by atoms with van der Waals surface area (Å²) in [6, 6.07) is 8.25.